The summed E-state index contributed by atoms with van der Waals surface area (Å²) in [6.07, 6.45) is 11.9. The fourth-order valence-corrected chi connectivity index (χ4v) is 5.44. The lowest BCUT2D eigenvalue weighted by Gasteiger charge is -2.44. The van der Waals surface area contributed by atoms with E-state index in [4.69, 9.17) is 4.74 Å². The first-order valence-corrected chi connectivity index (χ1v) is 10.8. The molecule has 0 aromatic carbocycles. The van der Waals surface area contributed by atoms with Gasteiger partial charge in [-0.1, -0.05) is 33.1 Å². The summed E-state index contributed by atoms with van der Waals surface area (Å²) in [4.78, 5) is 27.1. The third-order valence-corrected chi connectivity index (χ3v) is 7.17. The van der Waals surface area contributed by atoms with Crippen molar-refractivity contribution in [2.45, 2.75) is 78.1 Å². The van der Waals surface area contributed by atoms with Gasteiger partial charge < -0.3 is 9.64 Å². The maximum Gasteiger partial charge on any atom is 0.308 e. The van der Waals surface area contributed by atoms with Crippen LogP contribution in [-0.4, -0.2) is 37.0 Å². The van der Waals surface area contributed by atoms with Crippen molar-refractivity contribution < 1.29 is 14.3 Å². The van der Waals surface area contributed by atoms with Crippen LogP contribution in [0.25, 0.3) is 0 Å². The molecule has 4 heteroatoms. The number of ether oxygens (including phenoxy) is 1. The Bertz CT molecular complexity index is 500. The molecule has 3 aliphatic rings. The van der Waals surface area contributed by atoms with E-state index < -0.39 is 0 Å². The van der Waals surface area contributed by atoms with Crippen molar-refractivity contribution in [3.05, 3.63) is 0 Å². The fourth-order valence-electron chi connectivity index (χ4n) is 5.44. The van der Waals surface area contributed by atoms with Gasteiger partial charge in [0, 0.05) is 19.0 Å². The van der Waals surface area contributed by atoms with Gasteiger partial charge in [0.25, 0.3) is 0 Å². The molecule has 3 fully saturated rings. The summed E-state index contributed by atoms with van der Waals surface area (Å²) in [5.41, 5.74) is 0.547. The lowest BCUT2D eigenvalue weighted by Crippen LogP contribution is -2.44. The number of hydrogen-bond acceptors (Lipinski definition) is 3. The van der Waals surface area contributed by atoms with Gasteiger partial charge in [-0.25, -0.2) is 0 Å². The number of methoxy groups -OCH3 is 1. The minimum atomic E-state index is -0.103. The third-order valence-electron chi connectivity index (χ3n) is 7.17. The van der Waals surface area contributed by atoms with Crippen LogP contribution in [0.1, 0.15) is 78.1 Å². The number of esters is 1. The Labute approximate surface area is 159 Å². The van der Waals surface area contributed by atoms with Crippen LogP contribution in [0.5, 0.6) is 0 Å². The predicted octanol–water partition coefficient (Wildman–Crippen LogP) is 4.42. The Morgan fingerprint density at radius 1 is 1.08 bits per heavy atom. The van der Waals surface area contributed by atoms with Crippen LogP contribution in [0.2, 0.25) is 0 Å². The van der Waals surface area contributed by atoms with Gasteiger partial charge in [0.1, 0.15) is 0 Å². The number of rotatable bonds is 6. The lowest BCUT2D eigenvalue weighted by molar-refractivity contribution is -0.146. The first-order chi connectivity index (χ1) is 12.4. The Hall–Kier alpha value is -1.06. The van der Waals surface area contributed by atoms with Gasteiger partial charge in [-0.3, -0.25) is 9.59 Å². The average Bonchev–Trinajstić information content (AvgIpc) is 3.40. The maximum atomic E-state index is 12.9. The number of amides is 1. The highest BCUT2D eigenvalue weighted by Crippen LogP contribution is 2.48. The largest absolute Gasteiger partial charge is 0.469 e. The normalized spacial score (nSPS) is 28.8. The van der Waals surface area contributed by atoms with E-state index in [2.05, 4.69) is 18.7 Å². The van der Waals surface area contributed by atoms with Gasteiger partial charge in [0.2, 0.25) is 5.91 Å². The molecule has 4 nitrogen and oxygen atoms in total. The molecule has 0 aromatic heterocycles. The number of carbonyl (C=O) groups excluding carboxylic acids is 2. The molecule has 1 heterocycles. The van der Waals surface area contributed by atoms with Crippen molar-refractivity contribution in [3.8, 4) is 0 Å². The van der Waals surface area contributed by atoms with Crippen molar-refractivity contribution >= 4 is 11.9 Å². The molecule has 148 valence electrons. The molecule has 1 saturated heterocycles. The molecule has 2 unspecified atom stereocenters. The molecule has 2 saturated carbocycles. The van der Waals surface area contributed by atoms with E-state index in [9.17, 15) is 9.59 Å². The van der Waals surface area contributed by atoms with Gasteiger partial charge in [-0.2, -0.15) is 0 Å². The summed E-state index contributed by atoms with van der Waals surface area (Å²) in [6, 6.07) is 0. The number of nitrogens with zero attached hydrogens (tertiary/aromatic N) is 1. The highest BCUT2D eigenvalue weighted by molar-refractivity contribution is 5.82. The maximum absolute atomic E-state index is 12.9. The van der Waals surface area contributed by atoms with Gasteiger partial charge in [-0.05, 0) is 62.2 Å². The molecule has 0 aromatic rings. The Morgan fingerprint density at radius 2 is 1.73 bits per heavy atom. The molecule has 2 aliphatic carbocycles. The molecule has 1 spiro atoms. The minimum Gasteiger partial charge on any atom is -0.469 e. The molecule has 1 aliphatic heterocycles. The van der Waals surface area contributed by atoms with Crippen LogP contribution in [0.15, 0.2) is 0 Å². The lowest BCUT2D eigenvalue weighted by atomic mass is 9.68. The number of hydrogen-bond donors (Lipinski definition) is 0. The smallest absolute Gasteiger partial charge is 0.308 e. The Kier molecular flexibility index (Phi) is 6.29. The standard InChI is InChI=1S/C22H37NO3/c1-16(2)13-18(21(25)26-3)14-17-15-19(17)20(24)23-11-9-22(10-12-23)7-5-4-6-8-22/h16-19H,4-15H2,1-3H3/t17?,18?,19-/m1/s1. The summed E-state index contributed by atoms with van der Waals surface area (Å²) in [6.45, 7) is 6.18. The van der Waals surface area contributed by atoms with Crippen molar-refractivity contribution in [3.63, 3.8) is 0 Å². The van der Waals surface area contributed by atoms with Crippen molar-refractivity contribution in [1.29, 1.82) is 0 Å². The summed E-state index contributed by atoms with van der Waals surface area (Å²) in [7, 11) is 1.47. The van der Waals surface area contributed by atoms with Crippen LogP contribution < -0.4 is 0 Å². The van der Waals surface area contributed by atoms with Gasteiger partial charge >= 0.3 is 5.97 Å². The first kappa shape index (κ1) is 19.7. The number of carbonyl (C=O) groups is 2. The number of piperidine rings is 1. The quantitative estimate of drug-likeness (QED) is 0.656. The second kappa shape index (κ2) is 8.31. The van der Waals surface area contributed by atoms with Gasteiger partial charge in [0.15, 0.2) is 0 Å². The summed E-state index contributed by atoms with van der Waals surface area (Å²) >= 11 is 0. The highest BCUT2D eigenvalue weighted by atomic mass is 16.5. The molecule has 0 N–H and O–H groups in total. The van der Waals surface area contributed by atoms with Gasteiger partial charge in [0.05, 0.1) is 13.0 Å². The fraction of sp³-hybridized carbons (Fsp3) is 0.909. The van der Waals surface area contributed by atoms with E-state index >= 15 is 0 Å². The van der Waals surface area contributed by atoms with E-state index in [1.165, 1.54) is 52.1 Å². The van der Waals surface area contributed by atoms with Crippen LogP contribution in [-0.2, 0) is 14.3 Å². The van der Waals surface area contributed by atoms with E-state index in [1.54, 1.807) is 0 Å². The van der Waals surface area contributed by atoms with Crippen LogP contribution >= 0.6 is 0 Å². The molecule has 3 atom stereocenters. The summed E-state index contributed by atoms with van der Waals surface area (Å²) in [5, 5.41) is 0. The molecule has 3 rings (SSSR count). The Morgan fingerprint density at radius 3 is 2.31 bits per heavy atom. The van der Waals surface area contributed by atoms with Crippen molar-refractivity contribution in [2.75, 3.05) is 20.2 Å². The van der Waals surface area contributed by atoms with E-state index in [-0.39, 0.29) is 17.8 Å². The average molecular weight is 364 g/mol. The molecular weight excluding hydrogens is 326 g/mol. The molecule has 0 bridgehead atoms. The monoisotopic (exact) mass is 363 g/mol. The van der Waals surface area contributed by atoms with Gasteiger partial charge in [-0.15, -0.1) is 0 Å². The highest BCUT2D eigenvalue weighted by Gasteiger charge is 2.48. The minimum absolute atomic E-state index is 0.0466. The zero-order chi connectivity index (χ0) is 18.7. The Balaban J connectivity index is 1.47. The van der Waals surface area contributed by atoms with Crippen LogP contribution in [0, 0.1) is 29.1 Å². The zero-order valence-electron chi connectivity index (χ0n) is 17.0. The molecule has 26 heavy (non-hydrogen) atoms. The second-order valence-electron chi connectivity index (χ2n) is 9.57. The molecule has 0 radical (unpaired) electrons. The topological polar surface area (TPSA) is 46.6 Å². The molecule has 1 amide bonds. The SMILES string of the molecule is COC(=O)C(CC(C)C)CC1C[C@H]1C(=O)N1CCC2(CCCCC2)CC1. The predicted molar refractivity (Wildman–Crippen MR) is 103 cm³/mol. The first-order valence-electron chi connectivity index (χ1n) is 10.8. The van der Waals surface area contributed by atoms with Crippen LogP contribution in [0.4, 0.5) is 0 Å². The summed E-state index contributed by atoms with van der Waals surface area (Å²) < 4.78 is 4.98. The van der Waals surface area contributed by atoms with E-state index in [1.807, 2.05) is 0 Å². The zero-order valence-corrected chi connectivity index (χ0v) is 17.0. The van der Waals surface area contributed by atoms with Crippen LogP contribution in [0.3, 0.4) is 0 Å². The van der Waals surface area contributed by atoms with Crippen molar-refractivity contribution in [2.24, 2.45) is 29.1 Å². The second-order valence-corrected chi connectivity index (χ2v) is 9.57. The third kappa shape index (κ3) is 4.61. The van der Waals surface area contributed by atoms with Crippen molar-refractivity contribution in [1.82, 2.24) is 4.90 Å². The number of likely N-dealkylation sites (tertiary alicyclic amines) is 1. The van der Waals surface area contributed by atoms with E-state index in [0.717, 1.165) is 32.4 Å². The van der Waals surface area contributed by atoms with E-state index in [0.29, 0.717) is 23.2 Å². The molecular formula is C22H37NO3. The summed E-state index contributed by atoms with van der Waals surface area (Å²) in [5.74, 6) is 1.23.